The molecule has 4 rings (SSSR count). The van der Waals surface area contributed by atoms with E-state index >= 15 is 0 Å². The first kappa shape index (κ1) is 18.9. The van der Waals surface area contributed by atoms with Gasteiger partial charge in [0.1, 0.15) is 0 Å². The highest BCUT2D eigenvalue weighted by atomic mass is 35.5. The second-order valence-electron chi connectivity index (χ2n) is 7.95. The molecule has 1 fully saturated rings. The Morgan fingerprint density at radius 1 is 1.44 bits per heavy atom. The van der Waals surface area contributed by atoms with Gasteiger partial charge in [-0.3, -0.25) is 4.90 Å². The van der Waals surface area contributed by atoms with Crippen LogP contribution in [0.3, 0.4) is 0 Å². The average Bonchev–Trinajstić information content (AvgIpc) is 3.05. The molecule has 1 aromatic carbocycles. The molecule has 6 nitrogen and oxygen atoms in total. The second kappa shape index (κ2) is 7.51. The van der Waals surface area contributed by atoms with Crippen molar-refractivity contribution in [1.29, 1.82) is 0 Å². The summed E-state index contributed by atoms with van der Waals surface area (Å²) in [5.41, 5.74) is 3.35. The summed E-state index contributed by atoms with van der Waals surface area (Å²) in [4.78, 5) is 2.43. The number of fused-ring (bicyclic) bond motifs is 2. The number of hydrogen-bond acceptors (Lipinski definition) is 5. The summed E-state index contributed by atoms with van der Waals surface area (Å²) in [6, 6.07) is 6.60. The normalized spacial score (nSPS) is 26.9. The van der Waals surface area contributed by atoms with Gasteiger partial charge in [0.25, 0.3) is 0 Å². The molecule has 1 N–H and O–H groups in total. The first-order valence-corrected chi connectivity index (χ1v) is 10.1. The third-order valence-corrected chi connectivity index (χ3v) is 6.00. The first-order valence-electron chi connectivity index (χ1n) is 9.69. The topological polar surface area (TPSA) is 63.4 Å². The van der Waals surface area contributed by atoms with Crippen molar-refractivity contribution < 1.29 is 9.84 Å². The molecule has 1 unspecified atom stereocenters. The van der Waals surface area contributed by atoms with Crippen LogP contribution in [0.15, 0.2) is 24.4 Å². The Morgan fingerprint density at radius 2 is 2.30 bits per heavy atom. The standard InChI is InChI=1S/C20H27ClN4O2/c1-14-10-20(19-9-17(21)4-3-16(19)5-8-27-20)6-7-24(14)12-18-13-25(23-22-18)11-15(2)26/h3-4,9,13-15,26H,5-8,10-12H2,1-2H3/t14-,15?,20+/m0/s1. The van der Waals surface area contributed by atoms with E-state index in [9.17, 15) is 5.11 Å². The van der Waals surface area contributed by atoms with Crippen LogP contribution in [-0.2, 0) is 29.8 Å². The zero-order valence-corrected chi connectivity index (χ0v) is 16.7. The van der Waals surface area contributed by atoms with Crippen LogP contribution in [0.25, 0.3) is 0 Å². The molecule has 0 bridgehead atoms. The minimum atomic E-state index is -0.427. The fraction of sp³-hybridized carbons (Fsp3) is 0.600. The van der Waals surface area contributed by atoms with Gasteiger partial charge in [-0.25, -0.2) is 4.68 Å². The molecule has 3 atom stereocenters. The Bertz CT molecular complexity index is 809. The van der Waals surface area contributed by atoms with Crippen LogP contribution in [0.1, 0.15) is 43.5 Å². The smallest absolute Gasteiger partial charge is 0.0967 e. The number of piperidine rings is 1. The molecule has 2 aliphatic heterocycles. The molecule has 7 heteroatoms. The largest absolute Gasteiger partial charge is 0.391 e. The quantitative estimate of drug-likeness (QED) is 0.869. The monoisotopic (exact) mass is 390 g/mol. The molecular weight excluding hydrogens is 364 g/mol. The molecule has 146 valence electrons. The lowest BCUT2D eigenvalue weighted by molar-refractivity contribution is -0.113. The molecule has 1 aromatic heterocycles. The lowest BCUT2D eigenvalue weighted by atomic mass is 9.77. The maximum absolute atomic E-state index is 9.50. The Hall–Kier alpha value is -1.47. The molecule has 2 aliphatic rings. The Kier molecular flexibility index (Phi) is 5.25. The molecule has 0 aliphatic carbocycles. The maximum atomic E-state index is 9.50. The number of aromatic nitrogens is 3. The van der Waals surface area contributed by atoms with Crippen molar-refractivity contribution >= 4 is 11.6 Å². The molecule has 0 radical (unpaired) electrons. The first-order chi connectivity index (χ1) is 12.9. The lowest BCUT2D eigenvalue weighted by Crippen LogP contribution is -2.50. The molecule has 27 heavy (non-hydrogen) atoms. The van der Waals surface area contributed by atoms with E-state index in [1.807, 2.05) is 12.3 Å². The number of hydrogen-bond donors (Lipinski definition) is 1. The van der Waals surface area contributed by atoms with Gasteiger partial charge in [-0.1, -0.05) is 22.9 Å². The zero-order chi connectivity index (χ0) is 19.0. The van der Waals surface area contributed by atoms with Gasteiger partial charge < -0.3 is 9.84 Å². The summed E-state index contributed by atoms with van der Waals surface area (Å²) in [6.07, 6.45) is 4.35. The third kappa shape index (κ3) is 3.90. The van der Waals surface area contributed by atoms with Crippen LogP contribution in [0.4, 0.5) is 0 Å². The van der Waals surface area contributed by atoms with Gasteiger partial charge in [-0.05, 0) is 56.4 Å². The third-order valence-electron chi connectivity index (χ3n) is 5.77. The number of nitrogens with zero attached hydrogens (tertiary/aromatic N) is 4. The highest BCUT2D eigenvalue weighted by Crippen LogP contribution is 2.44. The van der Waals surface area contributed by atoms with Gasteiger partial charge in [-0.15, -0.1) is 5.10 Å². The van der Waals surface area contributed by atoms with E-state index in [-0.39, 0.29) is 5.60 Å². The Morgan fingerprint density at radius 3 is 3.07 bits per heavy atom. The summed E-state index contributed by atoms with van der Waals surface area (Å²) in [5, 5.41) is 18.6. The lowest BCUT2D eigenvalue weighted by Gasteiger charge is -2.48. The summed E-state index contributed by atoms with van der Waals surface area (Å²) in [5.74, 6) is 0. The SMILES string of the molecule is CC(O)Cn1cc(CN2CC[C@]3(C[C@@H]2C)OCCc2ccc(Cl)cc23)nn1. The summed E-state index contributed by atoms with van der Waals surface area (Å²) in [6.45, 7) is 6.95. The van der Waals surface area contributed by atoms with E-state index in [4.69, 9.17) is 16.3 Å². The van der Waals surface area contributed by atoms with E-state index in [1.54, 1.807) is 11.6 Å². The van der Waals surface area contributed by atoms with Crippen LogP contribution in [0.5, 0.6) is 0 Å². The van der Waals surface area contributed by atoms with Crippen LogP contribution >= 0.6 is 11.6 Å². The van der Waals surface area contributed by atoms with Crippen molar-refractivity contribution in [2.24, 2.45) is 0 Å². The summed E-state index contributed by atoms with van der Waals surface area (Å²) >= 11 is 6.29. The zero-order valence-electron chi connectivity index (χ0n) is 15.9. The van der Waals surface area contributed by atoms with Gasteiger partial charge in [0.15, 0.2) is 0 Å². The predicted octanol–water partition coefficient (Wildman–Crippen LogP) is 2.76. The molecule has 3 heterocycles. The van der Waals surface area contributed by atoms with Crippen LogP contribution in [0.2, 0.25) is 5.02 Å². The number of rotatable bonds is 4. The number of ether oxygens (including phenoxy) is 1. The Labute approximate surface area is 165 Å². The van der Waals surface area contributed by atoms with Crippen molar-refractivity contribution in [2.75, 3.05) is 13.2 Å². The number of aliphatic hydroxyl groups excluding tert-OH is 1. The number of aliphatic hydroxyl groups is 1. The summed E-state index contributed by atoms with van der Waals surface area (Å²) in [7, 11) is 0. The second-order valence-corrected chi connectivity index (χ2v) is 8.39. The summed E-state index contributed by atoms with van der Waals surface area (Å²) < 4.78 is 8.07. The van der Waals surface area contributed by atoms with Crippen molar-refractivity contribution in [3.8, 4) is 0 Å². The maximum Gasteiger partial charge on any atom is 0.0967 e. The minimum absolute atomic E-state index is 0.224. The van der Waals surface area contributed by atoms with Gasteiger partial charge in [0.2, 0.25) is 0 Å². The highest BCUT2D eigenvalue weighted by molar-refractivity contribution is 6.30. The molecule has 1 spiro atoms. The fourth-order valence-electron chi connectivity index (χ4n) is 4.47. The number of halogens is 1. The van der Waals surface area contributed by atoms with Crippen LogP contribution in [-0.4, -0.2) is 50.3 Å². The fourth-order valence-corrected chi connectivity index (χ4v) is 4.64. The van der Waals surface area contributed by atoms with E-state index in [1.165, 1.54) is 11.1 Å². The van der Waals surface area contributed by atoms with Crippen LogP contribution in [0, 0.1) is 0 Å². The molecule has 2 aromatic rings. The van der Waals surface area contributed by atoms with E-state index in [0.29, 0.717) is 12.6 Å². The van der Waals surface area contributed by atoms with Crippen molar-refractivity contribution in [1.82, 2.24) is 19.9 Å². The van der Waals surface area contributed by atoms with Gasteiger partial charge in [0.05, 0.1) is 30.6 Å². The van der Waals surface area contributed by atoms with Crippen molar-refractivity contribution in [2.45, 2.75) is 63.9 Å². The molecule has 0 saturated carbocycles. The average molecular weight is 391 g/mol. The highest BCUT2D eigenvalue weighted by Gasteiger charge is 2.43. The van der Waals surface area contributed by atoms with Gasteiger partial charge in [0, 0.05) is 30.4 Å². The molecular formula is C20H27ClN4O2. The van der Waals surface area contributed by atoms with Gasteiger partial charge >= 0.3 is 0 Å². The Balaban J connectivity index is 1.47. The van der Waals surface area contributed by atoms with E-state index < -0.39 is 6.10 Å². The van der Waals surface area contributed by atoms with Gasteiger partial charge in [-0.2, -0.15) is 0 Å². The van der Waals surface area contributed by atoms with Crippen LogP contribution < -0.4 is 0 Å². The number of benzene rings is 1. The predicted molar refractivity (Wildman–Crippen MR) is 104 cm³/mol. The van der Waals surface area contributed by atoms with E-state index in [0.717, 1.165) is 49.7 Å². The van der Waals surface area contributed by atoms with Crippen molar-refractivity contribution in [3.05, 3.63) is 46.2 Å². The van der Waals surface area contributed by atoms with E-state index in [2.05, 4.69) is 34.3 Å². The minimum Gasteiger partial charge on any atom is -0.391 e. The molecule has 1 saturated heterocycles. The van der Waals surface area contributed by atoms with Crippen molar-refractivity contribution in [3.63, 3.8) is 0 Å². The number of likely N-dealkylation sites (tertiary alicyclic amines) is 1. The molecule has 0 amide bonds.